The molecule has 1 fully saturated rings. The van der Waals surface area contributed by atoms with Gasteiger partial charge in [0.05, 0.1) is 11.0 Å². The lowest BCUT2D eigenvalue weighted by atomic mass is 10.0. The molecule has 8 heteroatoms. The van der Waals surface area contributed by atoms with E-state index in [0.29, 0.717) is 11.6 Å². The number of piperidine rings is 1. The molecule has 0 bridgehead atoms. The molecular formula is C16H18FN5O2. The minimum atomic E-state index is -0.602. The molecular weight excluding hydrogens is 313 g/mol. The number of rotatable bonds is 4. The number of anilines is 2. The van der Waals surface area contributed by atoms with Crippen molar-refractivity contribution in [3.63, 3.8) is 0 Å². The fourth-order valence-electron chi connectivity index (χ4n) is 3.05. The van der Waals surface area contributed by atoms with E-state index < -0.39 is 10.7 Å². The van der Waals surface area contributed by atoms with Crippen LogP contribution in [0.5, 0.6) is 0 Å². The van der Waals surface area contributed by atoms with E-state index in [9.17, 15) is 14.5 Å². The number of benzene rings is 1. The van der Waals surface area contributed by atoms with Crippen LogP contribution in [0.2, 0.25) is 0 Å². The molecule has 2 aromatic rings. The molecule has 2 heterocycles. The van der Waals surface area contributed by atoms with Gasteiger partial charge in [0, 0.05) is 38.6 Å². The van der Waals surface area contributed by atoms with Crippen LogP contribution in [0, 0.1) is 15.9 Å². The van der Waals surface area contributed by atoms with E-state index in [1.807, 2.05) is 11.9 Å². The van der Waals surface area contributed by atoms with E-state index in [1.54, 1.807) is 18.5 Å². The van der Waals surface area contributed by atoms with Crippen molar-refractivity contribution in [2.45, 2.75) is 18.9 Å². The predicted octanol–water partition coefficient (Wildman–Crippen LogP) is 2.63. The molecule has 1 aromatic heterocycles. The monoisotopic (exact) mass is 331 g/mol. The maximum Gasteiger partial charge on any atom is 0.295 e. The first kappa shape index (κ1) is 16.1. The molecule has 1 aliphatic rings. The highest BCUT2D eigenvalue weighted by Gasteiger charge is 2.27. The minimum absolute atomic E-state index is 0.147. The van der Waals surface area contributed by atoms with Gasteiger partial charge in [-0.25, -0.2) is 14.4 Å². The van der Waals surface area contributed by atoms with E-state index in [-0.39, 0.29) is 11.7 Å². The van der Waals surface area contributed by atoms with Crippen LogP contribution < -0.4 is 9.80 Å². The SMILES string of the molecule is CN(c1ccc(F)cc1[N+](=O)[O-])C1CCN(c2ncccn2)CC1. The highest BCUT2D eigenvalue weighted by atomic mass is 19.1. The zero-order valence-corrected chi connectivity index (χ0v) is 13.3. The quantitative estimate of drug-likeness (QED) is 0.633. The summed E-state index contributed by atoms with van der Waals surface area (Å²) in [6.07, 6.45) is 5.07. The summed E-state index contributed by atoms with van der Waals surface area (Å²) in [4.78, 5) is 23.1. The molecule has 0 saturated carbocycles. The molecule has 1 aromatic carbocycles. The van der Waals surface area contributed by atoms with E-state index in [0.717, 1.165) is 32.0 Å². The summed E-state index contributed by atoms with van der Waals surface area (Å²) >= 11 is 0. The Balaban J connectivity index is 1.72. The maximum absolute atomic E-state index is 13.3. The summed E-state index contributed by atoms with van der Waals surface area (Å²) in [6.45, 7) is 1.54. The van der Waals surface area contributed by atoms with Crippen molar-refractivity contribution in [1.82, 2.24) is 9.97 Å². The second-order valence-electron chi connectivity index (χ2n) is 5.77. The van der Waals surface area contributed by atoms with Crippen LogP contribution in [0.1, 0.15) is 12.8 Å². The highest BCUT2D eigenvalue weighted by Crippen LogP contribution is 2.31. The van der Waals surface area contributed by atoms with E-state index in [1.165, 1.54) is 12.1 Å². The van der Waals surface area contributed by atoms with Crippen molar-refractivity contribution in [1.29, 1.82) is 0 Å². The molecule has 0 amide bonds. The third-order valence-electron chi connectivity index (χ3n) is 4.36. The summed E-state index contributed by atoms with van der Waals surface area (Å²) < 4.78 is 13.3. The van der Waals surface area contributed by atoms with Gasteiger partial charge >= 0.3 is 0 Å². The Bertz CT molecular complexity index is 720. The molecule has 0 unspecified atom stereocenters. The predicted molar refractivity (Wildman–Crippen MR) is 88.7 cm³/mol. The minimum Gasteiger partial charge on any atom is -0.366 e. The van der Waals surface area contributed by atoms with Gasteiger partial charge in [-0.05, 0) is 31.0 Å². The van der Waals surface area contributed by atoms with Gasteiger partial charge in [-0.1, -0.05) is 0 Å². The van der Waals surface area contributed by atoms with Gasteiger partial charge in [-0.2, -0.15) is 0 Å². The van der Waals surface area contributed by atoms with Gasteiger partial charge in [0.15, 0.2) is 0 Å². The molecule has 0 aliphatic carbocycles. The van der Waals surface area contributed by atoms with Crippen LogP contribution in [0.3, 0.4) is 0 Å². The number of nitro groups is 1. The average molecular weight is 331 g/mol. The molecule has 0 radical (unpaired) electrons. The van der Waals surface area contributed by atoms with Gasteiger partial charge < -0.3 is 9.80 Å². The van der Waals surface area contributed by atoms with E-state index in [2.05, 4.69) is 14.9 Å². The Morgan fingerprint density at radius 1 is 1.29 bits per heavy atom. The maximum atomic E-state index is 13.3. The highest BCUT2D eigenvalue weighted by molar-refractivity contribution is 5.63. The number of halogens is 1. The van der Waals surface area contributed by atoms with Crippen molar-refractivity contribution in [3.8, 4) is 0 Å². The molecule has 0 N–H and O–H groups in total. The van der Waals surface area contributed by atoms with Gasteiger partial charge in [-0.3, -0.25) is 10.1 Å². The van der Waals surface area contributed by atoms with E-state index in [4.69, 9.17) is 0 Å². The molecule has 1 aliphatic heterocycles. The van der Waals surface area contributed by atoms with Crippen LogP contribution in [0.4, 0.5) is 21.7 Å². The average Bonchev–Trinajstić information content (AvgIpc) is 2.62. The van der Waals surface area contributed by atoms with Crippen molar-refractivity contribution < 1.29 is 9.31 Å². The molecule has 3 rings (SSSR count). The first-order valence-corrected chi connectivity index (χ1v) is 7.75. The number of nitrogens with zero attached hydrogens (tertiary/aromatic N) is 5. The summed E-state index contributed by atoms with van der Waals surface area (Å²) in [5.41, 5.74) is 0.238. The van der Waals surface area contributed by atoms with Gasteiger partial charge in [-0.15, -0.1) is 0 Å². The fraction of sp³-hybridized carbons (Fsp3) is 0.375. The lowest BCUT2D eigenvalue weighted by molar-refractivity contribution is -0.384. The molecule has 1 saturated heterocycles. The second-order valence-corrected chi connectivity index (χ2v) is 5.77. The van der Waals surface area contributed by atoms with E-state index >= 15 is 0 Å². The van der Waals surface area contributed by atoms with Crippen molar-refractivity contribution in [2.75, 3.05) is 29.9 Å². The third-order valence-corrected chi connectivity index (χ3v) is 4.36. The molecule has 0 atom stereocenters. The number of hydrogen-bond donors (Lipinski definition) is 0. The molecule has 0 spiro atoms. The summed E-state index contributed by atoms with van der Waals surface area (Å²) in [5.74, 6) is 0.0984. The first-order chi connectivity index (χ1) is 11.6. The van der Waals surface area contributed by atoms with Gasteiger partial charge in [0.25, 0.3) is 5.69 Å². The zero-order valence-electron chi connectivity index (χ0n) is 13.3. The number of aromatic nitrogens is 2. The van der Waals surface area contributed by atoms with Crippen molar-refractivity contribution in [2.24, 2.45) is 0 Å². The van der Waals surface area contributed by atoms with Crippen molar-refractivity contribution >= 4 is 17.3 Å². The summed E-state index contributed by atoms with van der Waals surface area (Å²) in [7, 11) is 1.82. The number of hydrogen-bond acceptors (Lipinski definition) is 6. The normalized spacial score (nSPS) is 15.3. The number of nitro benzene ring substituents is 1. The fourth-order valence-corrected chi connectivity index (χ4v) is 3.05. The largest absolute Gasteiger partial charge is 0.366 e. The lowest BCUT2D eigenvalue weighted by Crippen LogP contribution is -2.44. The van der Waals surface area contributed by atoms with Crippen molar-refractivity contribution in [3.05, 3.63) is 52.6 Å². The molecule has 126 valence electrons. The van der Waals surface area contributed by atoms with Gasteiger partial charge in [0.1, 0.15) is 11.5 Å². The third kappa shape index (κ3) is 3.27. The Hall–Kier alpha value is -2.77. The zero-order chi connectivity index (χ0) is 17.1. The Morgan fingerprint density at radius 2 is 1.96 bits per heavy atom. The summed E-state index contributed by atoms with van der Waals surface area (Å²) in [6, 6.07) is 5.62. The Morgan fingerprint density at radius 3 is 2.58 bits per heavy atom. The van der Waals surface area contributed by atoms with Crippen LogP contribution in [-0.2, 0) is 0 Å². The van der Waals surface area contributed by atoms with Crippen LogP contribution in [0.15, 0.2) is 36.7 Å². The first-order valence-electron chi connectivity index (χ1n) is 7.75. The Kier molecular flexibility index (Phi) is 4.54. The molecule has 7 nitrogen and oxygen atoms in total. The second kappa shape index (κ2) is 6.77. The topological polar surface area (TPSA) is 75.4 Å². The van der Waals surface area contributed by atoms with Crippen LogP contribution in [-0.4, -0.2) is 41.1 Å². The lowest BCUT2D eigenvalue weighted by Gasteiger charge is -2.37. The summed E-state index contributed by atoms with van der Waals surface area (Å²) in [5, 5.41) is 11.2. The van der Waals surface area contributed by atoms with Crippen LogP contribution >= 0.6 is 0 Å². The smallest absolute Gasteiger partial charge is 0.295 e. The van der Waals surface area contributed by atoms with Gasteiger partial charge in [0.2, 0.25) is 5.95 Å². The standard InChI is InChI=1S/C16H18FN5O2/c1-20(14-4-3-12(17)11-15(14)22(23)24)13-5-9-21(10-6-13)16-18-7-2-8-19-16/h2-4,7-8,11,13H,5-6,9-10H2,1H3. The molecule has 24 heavy (non-hydrogen) atoms. The Labute approximate surface area is 138 Å². The van der Waals surface area contributed by atoms with Crippen LogP contribution in [0.25, 0.3) is 0 Å².